The van der Waals surface area contributed by atoms with Crippen molar-refractivity contribution in [2.24, 2.45) is 0 Å². The van der Waals surface area contributed by atoms with Crippen molar-refractivity contribution in [2.45, 2.75) is 26.8 Å². The first-order chi connectivity index (χ1) is 7.69. The highest BCUT2D eigenvalue weighted by Crippen LogP contribution is 2.13. The highest BCUT2D eigenvalue weighted by Gasteiger charge is 2.18. The Hall–Kier alpha value is -1.32. The summed E-state index contributed by atoms with van der Waals surface area (Å²) in [5.74, 6) is 0. The normalized spacial score (nSPS) is 19.8. The van der Waals surface area contributed by atoms with Gasteiger partial charge in [-0.05, 0) is 20.8 Å². The van der Waals surface area contributed by atoms with Crippen LogP contribution < -0.4 is 0 Å². The molecule has 0 aromatic carbocycles. The first-order valence-electron chi connectivity index (χ1n) is 6.03. The minimum Gasteiger partial charge on any atom is -0.359 e. The van der Waals surface area contributed by atoms with Gasteiger partial charge in [-0.25, -0.2) is 0 Å². The maximum absolute atomic E-state index is 2.34. The van der Waals surface area contributed by atoms with E-state index >= 15 is 0 Å². The lowest BCUT2D eigenvalue weighted by molar-refractivity contribution is 0.154. The first-order valence-corrected chi connectivity index (χ1v) is 6.03. The van der Waals surface area contributed by atoms with E-state index in [4.69, 9.17) is 0 Å². The average Bonchev–Trinajstić information content (AvgIpc) is 2.87. The largest absolute Gasteiger partial charge is 0.359 e. The Morgan fingerprint density at radius 3 is 2.12 bits per heavy atom. The summed E-state index contributed by atoms with van der Waals surface area (Å²) in [5.41, 5.74) is 0. The zero-order valence-electron chi connectivity index (χ0n) is 10.5. The van der Waals surface area contributed by atoms with Gasteiger partial charge in [0.25, 0.3) is 0 Å². The van der Waals surface area contributed by atoms with Crippen molar-refractivity contribution in [1.82, 2.24) is 19.6 Å². The van der Waals surface area contributed by atoms with Gasteiger partial charge in [-0.2, -0.15) is 0 Å². The lowest BCUT2D eigenvalue weighted by Crippen LogP contribution is -2.37. The van der Waals surface area contributed by atoms with Gasteiger partial charge in [-0.15, -0.1) is 0 Å². The average molecular weight is 222 g/mol. The molecular weight excluding hydrogens is 200 g/mol. The minimum absolute atomic E-state index is 0.586. The summed E-state index contributed by atoms with van der Waals surface area (Å²) in [6.45, 7) is 10.7. The van der Waals surface area contributed by atoms with Crippen molar-refractivity contribution in [3.8, 4) is 0 Å². The van der Waals surface area contributed by atoms with Crippen molar-refractivity contribution in [1.29, 1.82) is 0 Å². The second-order valence-corrected chi connectivity index (χ2v) is 4.71. The molecular formula is C12H22N4. The molecule has 0 N–H and O–H groups in total. The third-order valence-electron chi connectivity index (χ3n) is 3.10. The molecule has 0 spiro atoms. The predicted octanol–water partition coefficient (Wildman–Crippen LogP) is 1.46. The Morgan fingerprint density at radius 2 is 1.56 bits per heavy atom. The van der Waals surface area contributed by atoms with Crippen LogP contribution in [0.4, 0.5) is 0 Å². The summed E-state index contributed by atoms with van der Waals surface area (Å²) in [7, 11) is 0. The van der Waals surface area contributed by atoms with Gasteiger partial charge in [0, 0.05) is 37.4 Å². The van der Waals surface area contributed by atoms with Gasteiger partial charge in [-0.1, -0.05) is 0 Å². The molecule has 0 aromatic heterocycles. The highest BCUT2D eigenvalue weighted by atomic mass is 15.4. The van der Waals surface area contributed by atoms with Crippen LogP contribution in [0.3, 0.4) is 0 Å². The SMILES string of the molecule is CCN1C=CN(CN2C=CN(C(C)C)C2)C1. The molecule has 2 rings (SSSR count). The van der Waals surface area contributed by atoms with E-state index in [-0.39, 0.29) is 0 Å². The number of rotatable bonds is 4. The molecule has 0 aliphatic carbocycles. The number of hydrogen-bond donors (Lipinski definition) is 0. The Morgan fingerprint density at radius 1 is 0.938 bits per heavy atom. The Bertz CT molecular complexity index is 285. The first kappa shape index (κ1) is 11.2. The molecule has 2 aliphatic heterocycles. The van der Waals surface area contributed by atoms with Crippen LogP contribution in [0.5, 0.6) is 0 Å². The molecule has 0 saturated carbocycles. The smallest absolute Gasteiger partial charge is 0.0927 e. The fourth-order valence-corrected chi connectivity index (χ4v) is 1.96. The molecule has 0 unspecified atom stereocenters. The summed E-state index contributed by atoms with van der Waals surface area (Å²) in [6.07, 6.45) is 8.71. The maximum atomic E-state index is 2.34. The van der Waals surface area contributed by atoms with E-state index in [0.29, 0.717) is 6.04 Å². The second kappa shape index (κ2) is 4.68. The molecule has 4 heteroatoms. The van der Waals surface area contributed by atoms with Gasteiger partial charge in [0.1, 0.15) is 0 Å². The van der Waals surface area contributed by atoms with E-state index in [1.165, 1.54) is 0 Å². The fourth-order valence-electron chi connectivity index (χ4n) is 1.96. The molecule has 0 aromatic rings. The van der Waals surface area contributed by atoms with Crippen LogP contribution in [0.1, 0.15) is 20.8 Å². The van der Waals surface area contributed by atoms with Crippen molar-refractivity contribution in [2.75, 3.05) is 26.6 Å². The van der Waals surface area contributed by atoms with Gasteiger partial charge < -0.3 is 19.6 Å². The molecule has 4 nitrogen and oxygen atoms in total. The summed E-state index contributed by atoms with van der Waals surface area (Å²) < 4.78 is 0. The van der Waals surface area contributed by atoms with E-state index < -0.39 is 0 Å². The predicted molar refractivity (Wildman–Crippen MR) is 65.9 cm³/mol. The number of hydrogen-bond acceptors (Lipinski definition) is 4. The van der Waals surface area contributed by atoms with E-state index in [1.807, 2.05) is 0 Å². The van der Waals surface area contributed by atoms with Crippen LogP contribution in [0, 0.1) is 0 Å². The molecule has 0 amide bonds. The van der Waals surface area contributed by atoms with Crippen molar-refractivity contribution >= 4 is 0 Å². The molecule has 90 valence electrons. The Labute approximate surface area is 98.4 Å². The quantitative estimate of drug-likeness (QED) is 0.714. The van der Waals surface area contributed by atoms with Gasteiger partial charge >= 0.3 is 0 Å². The summed E-state index contributed by atoms with van der Waals surface area (Å²) in [6, 6.07) is 0.586. The van der Waals surface area contributed by atoms with Crippen LogP contribution in [0.15, 0.2) is 24.8 Å². The third-order valence-corrected chi connectivity index (χ3v) is 3.10. The van der Waals surface area contributed by atoms with E-state index in [1.54, 1.807) is 0 Å². The van der Waals surface area contributed by atoms with Gasteiger partial charge in [0.05, 0.1) is 20.0 Å². The van der Waals surface area contributed by atoms with E-state index in [0.717, 1.165) is 26.6 Å². The maximum Gasteiger partial charge on any atom is 0.0927 e. The molecule has 0 radical (unpaired) electrons. The van der Waals surface area contributed by atoms with Crippen molar-refractivity contribution in [3.05, 3.63) is 24.8 Å². The summed E-state index contributed by atoms with van der Waals surface area (Å²) in [5, 5.41) is 0. The van der Waals surface area contributed by atoms with Gasteiger partial charge in [0.15, 0.2) is 0 Å². The summed E-state index contributed by atoms with van der Waals surface area (Å²) >= 11 is 0. The lowest BCUT2D eigenvalue weighted by atomic mass is 10.4. The van der Waals surface area contributed by atoms with Crippen LogP contribution in [0.2, 0.25) is 0 Å². The monoisotopic (exact) mass is 222 g/mol. The van der Waals surface area contributed by atoms with Crippen molar-refractivity contribution < 1.29 is 0 Å². The Balaban J connectivity index is 1.77. The van der Waals surface area contributed by atoms with Crippen LogP contribution in [0.25, 0.3) is 0 Å². The lowest BCUT2D eigenvalue weighted by Gasteiger charge is -2.28. The highest BCUT2D eigenvalue weighted by molar-refractivity contribution is 4.95. The number of nitrogens with zero attached hydrogens (tertiary/aromatic N) is 4. The topological polar surface area (TPSA) is 13.0 Å². The molecule has 0 bridgehead atoms. The van der Waals surface area contributed by atoms with E-state index in [2.05, 4.69) is 65.2 Å². The van der Waals surface area contributed by atoms with Crippen LogP contribution in [-0.2, 0) is 0 Å². The second-order valence-electron chi connectivity index (χ2n) is 4.71. The minimum atomic E-state index is 0.586. The standard InChI is InChI=1S/C12H22N4/c1-4-13-5-6-14(9-13)10-15-7-8-16(11-15)12(2)3/h5-8,12H,4,9-11H2,1-3H3. The van der Waals surface area contributed by atoms with Crippen molar-refractivity contribution in [3.63, 3.8) is 0 Å². The molecule has 0 fully saturated rings. The van der Waals surface area contributed by atoms with Gasteiger partial charge in [0.2, 0.25) is 0 Å². The zero-order valence-corrected chi connectivity index (χ0v) is 10.5. The molecule has 0 atom stereocenters. The molecule has 2 heterocycles. The molecule has 16 heavy (non-hydrogen) atoms. The zero-order chi connectivity index (χ0) is 11.5. The van der Waals surface area contributed by atoms with Gasteiger partial charge in [-0.3, -0.25) is 0 Å². The van der Waals surface area contributed by atoms with E-state index in [9.17, 15) is 0 Å². The Kier molecular flexibility index (Phi) is 3.27. The molecule has 2 aliphatic rings. The fraction of sp³-hybridized carbons (Fsp3) is 0.667. The third kappa shape index (κ3) is 2.43. The molecule has 0 saturated heterocycles. The van der Waals surface area contributed by atoms with Crippen LogP contribution in [-0.4, -0.2) is 52.2 Å². The van der Waals surface area contributed by atoms with Crippen LogP contribution >= 0.6 is 0 Å². The summed E-state index contributed by atoms with van der Waals surface area (Å²) in [4.78, 5) is 9.32.